The van der Waals surface area contributed by atoms with E-state index in [4.69, 9.17) is 28.2 Å². The number of hydrogen-bond donors (Lipinski definition) is 2. The van der Waals surface area contributed by atoms with Crippen LogP contribution in [-0.4, -0.2) is 11.0 Å². The predicted octanol–water partition coefficient (Wildman–Crippen LogP) is 3.82. The molecular formula is C12H8BrClN2O2S. The molecule has 0 unspecified atom stereocenters. The minimum absolute atomic E-state index is 0.144. The molecule has 1 aromatic heterocycles. The van der Waals surface area contributed by atoms with Crippen molar-refractivity contribution in [2.24, 2.45) is 0 Å². The molecule has 4 nitrogen and oxygen atoms in total. The van der Waals surface area contributed by atoms with Crippen molar-refractivity contribution in [1.29, 1.82) is 0 Å². The molecule has 0 saturated carbocycles. The van der Waals surface area contributed by atoms with Gasteiger partial charge in [-0.1, -0.05) is 23.7 Å². The van der Waals surface area contributed by atoms with Gasteiger partial charge in [-0.15, -0.1) is 0 Å². The normalized spacial score (nSPS) is 10.0. The number of carbonyl (C=O) groups is 1. The Labute approximate surface area is 128 Å². The molecule has 2 rings (SSSR count). The smallest absolute Gasteiger partial charge is 0.293 e. The topological polar surface area (TPSA) is 54.3 Å². The first-order valence-corrected chi connectivity index (χ1v) is 6.76. The first kappa shape index (κ1) is 14.0. The van der Waals surface area contributed by atoms with Crippen molar-refractivity contribution in [2.45, 2.75) is 0 Å². The molecule has 1 heterocycles. The Morgan fingerprint density at radius 2 is 2.00 bits per heavy atom. The molecule has 1 aromatic carbocycles. The summed E-state index contributed by atoms with van der Waals surface area (Å²) in [6.45, 7) is 0. The Morgan fingerprint density at radius 1 is 1.26 bits per heavy atom. The highest BCUT2D eigenvalue weighted by Crippen LogP contribution is 2.20. The number of carbonyl (C=O) groups excluding carboxylic acids is 1. The van der Waals surface area contributed by atoms with Gasteiger partial charge in [0.2, 0.25) is 0 Å². The lowest BCUT2D eigenvalue weighted by molar-refractivity contribution is 0.0949. The van der Waals surface area contributed by atoms with Gasteiger partial charge in [0.15, 0.2) is 15.5 Å². The first-order valence-electron chi connectivity index (χ1n) is 5.18. The van der Waals surface area contributed by atoms with Crippen molar-refractivity contribution in [3.63, 3.8) is 0 Å². The van der Waals surface area contributed by atoms with Crippen LogP contribution >= 0.6 is 39.7 Å². The van der Waals surface area contributed by atoms with Crippen molar-refractivity contribution in [1.82, 2.24) is 5.32 Å². The SMILES string of the molecule is O=C(NC(=S)Nc1ccccc1Cl)c1ccc(Br)o1. The summed E-state index contributed by atoms with van der Waals surface area (Å²) in [5.74, 6) is -0.273. The summed E-state index contributed by atoms with van der Waals surface area (Å²) in [5.41, 5.74) is 0.620. The molecule has 0 aliphatic carbocycles. The van der Waals surface area contributed by atoms with E-state index in [0.29, 0.717) is 15.4 Å². The van der Waals surface area contributed by atoms with Gasteiger partial charge in [0.05, 0.1) is 10.7 Å². The summed E-state index contributed by atoms with van der Waals surface area (Å²) in [6.07, 6.45) is 0. The summed E-state index contributed by atoms with van der Waals surface area (Å²) in [7, 11) is 0. The van der Waals surface area contributed by atoms with E-state index in [1.54, 1.807) is 24.3 Å². The van der Waals surface area contributed by atoms with Gasteiger partial charge < -0.3 is 9.73 Å². The molecule has 0 atom stereocenters. The Hall–Kier alpha value is -1.37. The van der Waals surface area contributed by atoms with E-state index in [2.05, 4.69) is 26.6 Å². The molecule has 0 fully saturated rings. The average Bonchev–Trinajstić information content (AvgIpc) is 2.79. The number of amides is 1. The summed E-state index contributed by atoms with van der Waals surface area (Å²) >= 11 is 14.1. The van der Waals surface area contributed by atoms with Crippen LogP contribution in [0.25, 0.3) is 0 Å². The van der Waals surface area contributed by atoms with E-state index in [1.165, 1.54) is 6.07 Å². The van der Waals surface area contributed by atoms with E-state index in [9.17, 15) is 4.79 Å². The van der Waals surface area contributed by atoms with Gasteiger partial charge in [-0.2, -0.15) is 0 Å². The van der Waals surface area contributed by atoms with Crippen LogP contribution in [0.1, 0.15) is 10.6 Å². The van der Waals surface area contributed by atoms with Crippen LogP contribution in [0.4, 0.5) is 5.69 Å². The lowest BCUT2D eigenvalue weighted by atomic mass is 10.3. The Kier molecular flexibility index (Phi) is 4.57. The summed E-state index contributed by atoms with van der Waals surface area (Å²) in [6, 6.07) is 10.2. The average molecular weight is 360 g/mol. The molecule has 0 spiro atoms. The molecular weight excluding hydrogens is 352 g/mol. The van der Waals surface area contributed by atoms with E-state index >= 15 is 0 Å². The zero-order valence-corrected chi connectivity index (χ0v) is 12.6. The second-order valence-corrected chi connectivity index (χ2v) is 5.09. The fourth-order valence-electron chi connectivity index (χ4n) is 1.32. The van der Waals surface area contributed by atoms with Crippen molar-refractivity contribution >= 4 is 56.5 Å². The molecule has 1 amide bonds. The maximum absolute atomic E-state index is 11.8. The fraction of sp³-hybridized carbons (Fsp3) is 0. The number of para-hydroxylation sites is 1. The van der Waals surface area contributed by atoms with Crippen molar-refractivity contribution < 1.29 is 9.21 Å². The second kappa shape index (κ2) is 6.18. The van der Waals surface area contributed by atoms with Crippen molar-refractivity contribution in [3.05, 3.63) is 51.9 Å². The summed E-state index contributed by atoms with van der Waals surface area (Å²) in [4.78, 5) is 11.8. The maximum atomic E-state index is 11.8. The number of rotatable bonds is 2. The zero-order chi connectivity index (χ0) is 13.8. The van der Waals surface area contributed by atoms with Crippen molar-refractivity contribution in [3.8, 4) is 0 Å². The molecule has 2 N–H and O–H groups in total. The van der Waals surface area contributed by atoms with E-state index in [0.717, 1.165) is 0 Å². The fourth-order valence-corrected chi connectivity index (χ4v) is 2.01. The maximum Gasteiger partial charge on any atom is 0.293 e. The third kappa shape index (κ3) is 3.79. The van der Waals surface area contributed by atoms with Crippen LogP contribution in [0.15, 0.2) is 45.5 Å². The quantitative estimate of drug-likeness (QED) is 0.800. The van der Waals surface area contributed by atoms with Crippen LogP contribution in [0.5, 0.6) is 0 Å². The van der Waals surface area contributed by atoms with Gasteiger partial charge in [0, 0.05) is 0 Å². The number of nitrogens with one attached hydrogen (secondary N) is 2. The summed E-state index contributed by atoms with van der Waals surface area (Å²) in [5, 5.41) is 5.98. The van der Waals surface area contributed by atoms with Gasteiger partial charge in [0.1, 0.15) is 0 Å². The van der Waals surface area contributed by atoms with E-state index < -0.39 is 5.91 Å². The minimum Gasteiger partial charge on any atom is -0.444 e. The third-order valence-corrected chi connectivity index (χ3v) is 3.11. The van der Waals surface area contributed by atoms with Crippen LogP contribution in [0.3, 0.4) is 0 Å². The number of anilines is 1. The Balaban J connectivity index is 1.99. The van der Waals surface area contributed by atoms with Gasteiger partial charge >= 0.3 is 0 Å². The van der Waals surface area contributed by atoms with Gasteiger partial charge in [-0.3, -0.25) is 10.1 Å². The molecule has 0 bridgehead atoms. The molecule has 0 saturated heterocycles. The molecule has 2 aromatic rings. The van der Waals surface area contributed by atoms with Crippen LogP contribution < -0.4 is 10.6 Å². The lowest BCUT2D eigenvalue weighted by Crippen LogP contribution is -2.33. The number of thiocarbonyl (C=S) groups is 1. The second-order valence-electron chi connectivity index (χ2n) is 3.49. The standard InChI is InChI=1S/C12H8BrClN2O2S/c13-10-6-5-9(18-10)11(17)16-12(19)15-8-4-2-1-3-7(8)14/h1-6H,(H2,15,16,17,19). The highest BCUT2D eigenvalue weighted by atomic mass is 79.9. The van der Waals surface area contributed by atoms with Gasteiger partial charge in [-0.05, 0) is 52.4 Å². The lowest BCUT2D eigenvalue weighted by Gasteiger charge is -2.09. The highest BCUT2D eigenvalue weighted by Gasteiger charge is 2.12. The number of hydrogen-bond acceptors (Lipinski definition) is 3. The van der Waals surface area contributed by atoms with Crippen LogP contribution in [0, 0.1) is 0 Å². The highest BCUT2D eigenvalue weighted by molar-refractivity contribution is 9.10. The molecule has 0 aliphatic heterocycles. The monoisotopic (exact) mass is 358 g/mol. The first-order chi connectivity index (χ1) is 9.06. The molecule has 7 heteroatoms. The van der Waals surface area contributed by atoms with E-state index in [-0.39, 0.29) is 10.9 Å². The van der Waals surface area contributed by atoms with Gasteiger partial charge in [0.25, 0.3) is 5.91 Å². The minimum atomic E-state index is -0.435. The van der Waals surface area contributed by atoms with E-state index in [1.807, 2.05) is 6.07 Å². The van der Waals surface area contributed by atoms with Crippen LogP contribution in [-0.2, 0) is 0 Å². The van der Waals surface area contributed by atoms with Gasteiger partial charge in [-0.25, -0.2) is 0 Å². The largest absolute Gasteiger partial charge is 0.444 e. The number of furan rings is 1. The Bertz CT molecular complexity index is 630. The van der Waals surface area contributed by atoms with Crippen molar-refractivity contribution in [2.75, 3.05) is 5.32 Å². The van der Waals surface area contributed by atoms with Crippen LogP contribution in [0.2, 0.25) is 5.02 Å². The molecule has 19 heavy (non-hydrogen) atoms. The Morgan fingerprint density at radius 3 is 2.63 bits per heavy atom. The molecule has 0 aliphatic rings. The predicted molar refractivity (Wildman–Crippen MR) is 81.5 cm³/mol. The zero-order valence-electron chi connectivity index (χ0n) is 9.44. The molecule has 98 valence electrons. The molecule has 0 radical (unpaired) electrons. The number of halogens is 2. The number of benzene rings is 1. The third-order valence-electron chi connectivity index (χ3n) is 2.15. The summed E-state index contributed by atoms with van der Waals surface area (Å²) < 4.78 is 5.59.